The van der Waals surface area contributed by atoms with Crippen molar-refractivity contribution in [2.75, 3.05) is 0 Å². The number of carbonyl (C=O) groups is 2. The summed E-state index contributed by atoms with van der Waals surface area (Å²) in [5.74, 6) is -1.77. The lowest BCUT2D eigenvalue weighted by atomic mass is 9.86. The van der Waals surface area contributed by atoms with Crippen LogP contribution in [-0.2, 0) is 21.4 Å². The molecule has 170 valence electrons. The number of benzene rings is 2. The minimum Gasteiger partial charge on any atom is -0.479 e. The van der Waals surface area contributed by atoms with Gasteiger partial charge in [0.05, 0.1) is 18.2 Å². The van der Waals surface area contributed by atoms with Gasteiger partial charge in [-0.05, 0) is 29.5 Å². The van der Waals surface area contributed by atoms with E-state index in [9.17, 15) is 19.5 Å². The monoisotopic (exact) mass is 447 g/mol. The van der Waals surface area contributed by atoms with E-state index in [4.69, 9.17) is 8.83 Å². The molecule has 0 fully saturated rings. The maximum absolute atomic E-state index is 12.7. The Morgan fingerprint density at radius 2 is 1.76 bits per heavy atom. The minimum absolute atomic E-state index is 0.144. The largest absolute Gasteiger partial charge is 0.479 e. The van der Waals surface area contributed by atoms with Crippen LogP contribution < -0.4 is 10.9 Å². The summed E-state index contributed by atoms with van der Waals surface area (Å²) in [5.41, 5.74) is 2.49. The molecule has 2 N–H and O–H groups in total. The van der Waals surface area contributed by atoms with Crippen LogP contribution in [0.1, 0.15) is 49.1 Å². The zero-order valence-corrected chi connectivity index (χ0v) is 18.9. The number of fused-ring (bicyclic) bond motifs is 2. The van der Waals surface area contributed by atoms with Gasteiger partial charge >= 0.3 is 11.6 Å². The van der Waals surface area contributed by atoms with E-state index in [2.05, 4.69) is 26.1 Å². The molecule has 0 aliphatic carbocycles. The summed E-state index contributed by atoms with van der Waals surface area (Å²) in [5, 5.41) is 13.7. The quantitative estimate of drug-likeness (QED) is 0.432. The van der Waals surface area contributed by atoms with Crippen LogP contribution in [0.25, 0.3) is 21.9 Å². The summed E-state index contributed by atoms with van der Waals surface area (Å²) in [6.07, 6.45) is 1.41. The number of carboxylic acid groups (broad SMARTS) is 1. The fourth-order valence-electron chi connectivity index (χ4n) is 4.00. The molecule has 0 saturated carbocycles. The predicted molar refractivity (Wildman–Crippen MR) is 124 cm³/mol. The lowest BCUT2D eigenvalue weighted by molar-refractivity contribution is -0.142. The SMILES string of the molecule is Cc1c(CC(=O)N[C@H](C(=O)O)c2ccccc2)c(=O)oc2cc3occ(C(C)(C)C)c3cc12. The van der Waals surface area contributed by atoms with Crippen molar-refractivity contribution in [3.63, 3.8) is 0 Å². The highest BCUT2D eigenvalue weighted by Gasteiger charge is 2.25. The van der Waals surface area contributed by atoms with Gasteiger partial charge in [-0.15, -0.1) is 0 Å². The third-order valence-corrected chi connectivity index (χ3v) is 5.81. The second-order valence-electron chi connectivity index (χ2n) is 9.16. The van der Waals surface area contributed by atoms with Crippen LogP contribution in [-0.4, -0.2) is 17.0 Å². The second kappa shape index (κ2) is 8.24. The summed E-state index contributed by atoms with van der Waals surface area (Å²) < 4.78 is 11.2. The van der Waals surface area contributed by atoms with Gasteiger partial charge in [-0.25, -0.2) is 9.59 Å². The van der Waals surface area contributed by atoms with Gasteiger partial charge < -0.3 is 19.3 Å². The number of furan rings is 1. The molecule has 33 heavy (non-hydrogen) atoms. The van der Waals surface area contributed by atoms with Crippen molar-refractivity contribution < 1.29 is 23.5 Å². The number of aliphatic carboxylic acids is 1. The molecule has 7 heteroatoms. The van der Waals surface area contributed by atoms with Crippen molar-refractivity contribution >= 4 is 33.8 Å². The van der Waals surface area contributed by atoms with E-state index >= 15 is 0 Å². The molecule has 2 aromatic carbocycles. The van der Waals surface area contributed by atoms with Gasteiger partial charge in [0.25, 0.3) is 0 Å². The number of hydrogen-bond donors (Lipinski definition) is 2. The van der Waals surface area contributed by atoms with Gasteiger partial charge in [-0.3, -0.25) is 4.79 Å². The summed E-state index contributed by atoms with van der Waals surface area (Å²) >= 11 is 0. The average Bonchev–Trinajstić information content (AvgIpc) is 3.17. The first-order valence-electron chi connectivity index (χ1n) is 10.6. The molecule has 1 atom stereocenters. The second-order valence-corrected chi connectivity index (χ2v) is 9.16. The Balaban J connectivity index is 1.71. The summed E-state index contributed by atoms with van der Waals surface area (Å²) in [4.78, 5) is 37.1. The van der Waals surface area contributed by atoms with E-state index in [1.54, 1.807) is 49.6 Å². The van der Waals surface area contributed by atoms with E-state index in [0.717, 1.165) is 10.9 Å². The van der Waals surface area contributed by atoms with Crippen LogP contribution in [0.3, 0.4) is 0 Å². The predicted octanol–water partition coefficient (Wildman–Crippen LogP) is 4.63. The first-order valence-corrected chi connectivity index (χ1v) is 10.6. The van der Waals surface area contributed by atoms with Gasteiger partial charge in [0.15, 0.2) is 6.04 Å². The van der Waals surface area contributed by atoms with Gasteiger partial charge in [0.2, 0.25) is 5.91 Å². The maximum Gasteiger partial charge on any atom is 0.340 e. The van der Waals surface area contributed by atoms with Crippen LogP contribution in [0.2, 0.25) is 0 Å². The molecule has 0 bridgehead atoms. The van der Waals surface area contributed by atoms with E-state index < -0.39 is 23.5 Å². The highest BCUT2D eigenvalue weighted by molar-refractivity contribution is 5.97. The molecule has 0 spiro atoms. The van der Waals surface area contributed by atoms with E-state index in [-0.39, 0.29) is 17.4 Å². The van der Waals surface area contributed by atoms with E-state index in [1.807, 2.05) is 6.07 Å². The molecular weight excluding hydrogens is 422 g/mol. The van der Waals surface area contributed by atoms with Crippen LogP contribution in [0.4, 0.5) is 0 Å². The molecular formula is C26H25NO6. The van der Waals surface area contributed by atoms with Crippen molar-refractivity contribution in [1.82, 2.24) is 5.32 Å². The van der Waals surface area contributed by atoms with Crippen molar-refractivity contribution in [3.8, 4) is 0 Å². The number of carboxylic acids is 1. The topological polar surface area (TPSA) is 110 Å². The van der Waals surface area contributed by atoms with Crippen molar-refractivity contribution in [3.05, 3.63) is 81.4 Å². The molecule has 4 rings (SSSR count). The molecule has 1 amide bonds. The molecule has 0 saturated heterocycles. The highest BCUT2D eigenvalue weighted by Crippen LogP contribution is 2.35. The van der Waals surface area contributed by atoms with Crippen LogP contribution in [0, 0.1) is 6.92 Å². The minimum atomic E-state index is -1.22. The van der Waals surface area contributed by atoms with Crippen molar-refractivity contribution in [2.24, 2.45) is 0 Å². The Labute approximate surface area is 190 Å². The molecule has 7 nitrogen and oxygen atoms in total. The molecule has 0 aliphatic rings. The van der Waals surface area contributed by atoms with Crippen molar-refractivity contribution in [2.45, 2.75) is 45.6 Å². The van der Waals surface area contributed by atoms with E-state index in [0.29, 0.717) is 27.7 Å². The smallest absolute Gasteiger partial charge is 0.340 e. The molecule has 2 aromatic heterocycles. The maximum atomic E-state index is 12.7. The zero-order valence-electron chi connectivity index (χ0n) is 18.9. The number of amides is 1. The molecule has 0 radical (unpaired) electrons. The zero-order chi connectivity index (χ0) is 23.9. The third kappa shape index (κ3) is 4.26. The number of nitrogens with one attached hydrogen (secondary N) is 1. The first kappa shape index (κ1) is 22.3. The lowest BCUT2D eigenvalue weighted by Crippen LogP contribution is -2.35. The Hall–Kier alpha value is -3.87. The number of carbonyl (C=O) groups excluding carboxylic acids is 1. The van der Waals surface area contributed by atoms with Gasteiger partial charge in [-0.1, -0.05) is 51.1 Å². The molecule has 4 aromatic rings. The third-order valence-electron chi connectivity index (χ3n) is 5.81. The Bertz CT molecular complexity index is 1420. The van der Waals surface area contributed by atoms with Crippen LogP contribution in [0.5, 0.6) is 0 Å². The lowest BCUT2D eigenvalue weighted by Gasteiger charge is -2.17. The number of hydrogen-bond acceptors (Lipinski definition) is 5. The van der Waals surface area contributed by atoms with Gasteiger partial charge in [0, 0.05) is 22.4 Å². The average molecular weight is 447 g/mol. The number of rotatable bonds is 5. The Morgan fingerprint density at radius 1 is 1.06 bits per heavy atom. The Morgan fingerprint density at radius 3 is 2.39 bits per heavy atom. The van der Waals surface area contributed by atoms with E-state index in [1.165, 1.54) is 0 Å². The summed E-state index contributed by atoms with van der Waals surface area (Å²) in [7, 11) is 0. The standard InChI is InChI=1S/C26H25NO6/c1-14-16-10-18-19(26(2,3)4)13-32-20(18)12-21(16)33-25(31)17(14)11-22(28)27-23(24(29)30)15-8-6-5-7-9-15/h5-10,12-13,23H,11H2,1-4H3,(H,27,28)(H,29,30)/t23-/m0/s1. The van der Waals surface area contributed by atoms with Crippen LogP contribution in [0.15, 0.2) is 62.4 Å². The molecule has 0 unspecified atom stereocenters. The molecule has 2 heterocycles. The fraction of sp³-hybridized carbons (Fsp3) is 0.269. The van der Waals surface area contributed by atoms with Gasteiger partial charge in [0.1, 0.15) is 11.2 Å². The molecule has 0 aliphatic heterocycles. The summed E-state index contributed by atoms with van der Waals surface area (Å²) in [6, 6.07) is 10.8. The van der Waals surface area contributed by atoms with Crippen LogP contribution >= 0.6 is 0 Å². The Kier molecular flexibility index (Phi) is 5.57. The fourth-order valence-corrected chi connectivity index (χ4v) is 4.00. The van der Waals surface area contributed by atoms with Gasteiger partial charge in [-0.2, -0.15) is 0 Å². The highest BCUT2D eigenvalue weighted by atomic mass is 16.4. The number of aryl methyl sites for hydroxylation is 1. The van der Waals surface area contributed by atoms with Crippen molar-refractivity contribution in [1.29, 1.82) is 0 Å². The summed E-state index contributed by atoms with van der Waals surface area (Å²) in [6.45, 7) is 8.01. The normalized spacial score (nSPS) is 12.7. The first-order chi connectivity index (χ1) is 15.6.